The molecule has 2 aromatic carbocycles. The molecule has 1 aromatic heterocycles. The predicted octanol–water partition coefficient (Wildman–Crippen LogP) is 3.80. The van der Waals surface area contributed by atoms with Gasteiger partial charge in [-0.15, -0.1) is 0 Å². The van der Waals surface area contributed by atoms with Gasteiger partial charge >= 0.3 is 0 Å². The summed E-state index contributed by atoms with van der Waals surface area (Å²) in [5, 5.41) is 4.06. The van der Waals surface area contributed by atoms with Gasteiger partial charge in [-0.25, -0.2) is 13.8 Å². The number of sulfonamides is 1. The fourth-order valence-electron chi connectivity index (χ4n) is 2.36. The van der Waals surface area contributed by atoms with Gasteiger partial charge in [-0.1, -0.05) is 22.0 Å². The second-order valence-corrected chi connectivity index (χ2v) is 8.61. The second-order valence-electron chi connectivity index (χ2n) is 6.02. The minimum atomic E-state index is -3.71. The molecule has 0 bridgehead atoms. The Morgan fingerprint density at radius 2 is 1.69 bits per heavy atom. The van der Waals surface area contributed by atoms with Gasteiger partial charge in [0, 0.05) is 33.7 Å². The van der Waals surface area contributed by atoms with Crippen LogP contribution in [0.2, 0.25) is 0 Å². The zero-order valence-corrected chi connectivity index (χ0v) is 17.7. The number of hydrogen-bond acceptors (Lipinski definition) is 5. The van der Waals surface area contributed by atoms with Crippen molar-refractivity contribution in [1.82, 2.24) is 10.4 Å². The summed E-state index contributed by atoms with van der Waals surface area (Å²) in [5.41, 5.74) is 4.58. The van der Waals surface area contributed by atoms with E-state index in [2.05, 4.69) is 36.2 Å². The molecule has 0 aliphatic heterocycles. The largest absolute Gasteiger partial charge is 0.280 e. The van der Waals surface area contributed by atoms with E-state index in [0.29, 0.717) is 17.0 Å². The minimum Gasteiger partial charge on any atom is -0.280 e. The Hall–Kier alpha value is -3.04. The summed E-state index contributed by atoms with van der Waals surface area (Å²) in [6.07, 6.45) is 3.30. The number of hydrogen-bond donors (Lipinski definition) is 2. The van der Waals surface area contributed by atoms with Crippen LogP contribution in [0.25, 0.3) is 0 Å². The molecule has 29 heavy (non-hydrogen) atoms. The fraction of sp³-hybridized carbons (Fsp3) is 0.0500. The SMILES string of the molecule is C/C(=N/NC(=O)c1ccc(NS(=O)(=O)c2ccc(Br)cc2)cc1)c1cccnc1. The van der Waals surface area contributed by atoms with Crippen LogP contribution < -0.4 is 10.1 Å². The molecule has 3 aromatic rings. The number of rotatable bonds is 6. The van der Waals surface area contributed by atoms with Crippen LogP contribution in [0, 0.1) is 0 Å². The van der Waals surface area contributed by atoms with Gasteiger partial charge < -0.3 is 0 Å². The molecule has 9 heteroatoms. The molecule has 0 radical (unpaired) electrons. The van der Waals surface area contributed by atoms with Crippen LogP contribution in [0.3, 0.4) is 0 Å². The number of nitrogens with zero attached hydrogens (tertiary/aromatic N) is 2. The summed E-state index contributed by atoms with van der Waals surface area (Å²) in [5.74, 6) is -0.407. The van der Waals surface area contributed by atoms with Crippen LogP contribution in [0.15, 0.2) is 87.5 Å². The first-order valence-electron chi connectivity index (χ1n) is 8.49. The van der Waals surface area contributed by atoms with E-state index in [1.807, 2.05) is 6.07 Å². The van der Waals surface area contributed by atoms with Crippen molar-refractivity contribution in [3.63, 3.8) is 0 Å². The highest BCUT2D eigenvalue weighted by Crippen LogP contribution is 2.19. The van der Waals surface area contributed by atoms with Crippen LogP contribution in [0.5, 0.6) is 0 Å². The molecule has 0 fully saturated rings. The quantitative estimate of drug-likeness (QED) is 0.420. The number of carbonyl (C=O) groups is 1. The Morgan fingerprint density at radius 1 is 1.00 bits per heavy atom. The molecule has 148 valence electrons. The molecule has 0 aliphatic carbocycles. The maximum atomic E-state index is 12.4. The van der Waals surface area contributed by atoms with Crippen molar-refractivity contribution in [3.05, 3.63) is 88.7 Å². The summed E-state index contributed by atoms with van der Waals surface area (Å²) in [4.78, 5) is 16.4. The average molecular weight is 473 g/mol. The Labute approximate surface area is 177 Å². The summed E-state index contributed by atoms with van der Waals surface area (Å²) in [7, 11) is -3.71. The Kier molecular flexibility index (Phi) is 6.40. The zero-order chi connectivity index (χ0) is 20.9. The lowest BCUT2D eigenvalue weighted by atomic mass is 10.2. The van der Waals surface area contributed by atoms with Crippen molar-refractivity contribution in [2.75, 3.05) is 4.72 Å². The first kappa shape index (κ1) is 20.7. The Morgan fingerprint density at radius 3 is 2.31 bits per heavy atom. The Balaban J connectivity index is 1.66. The molecule has 3 rings (SSSR count). The van der Waals surface area contributed by atoms with Crippen molar-refractivity contribution >= 4 is 43.3 Å². The van der Waals surface area contributed by atoms with E-state index in [1.165, 1.54) is 36.4 Å². The van der Waals surface area contributed by atoms with Gasteiger partial charge in [0.15, 0.2) is 0 Å². The van der Waals surface area contributed by atoms with Gasteiger partial charge in [0.1, 0.15) is 0 Å². The van der Waals surface area contributed by atoms with Gasteiger partial charge in [0.05, 0.1) is 10.6 Å². The monoisotopic (exact) mass is 472 g/mol. The van der Waals surface area contributed by atoms with Crippen LogP contribution in [0.1, 0.15) is 22.8 Å². The molecular formula is C20H17BrN4O3S. The number of aromatic nitrogens is 1. The number of hydrazone groups is 1. The highest BCUT2D eigenvalue weighted by Gasteiger charge is 2.14. The van der Waals surface area contributed by atoms with E-state index < -0.39 is 15.9 Å². The molecule has 7 nitrogen and oxygen atoms in total. The molecule has 0 atom stereocenters. The third-order valence-corrected chi connectivity index (χ3v) is 5.85. The topological polar surface area (TPSA) is 101 Å². The summed E-state index contributed by atoms with van der Waals surface area (Å²) >= 11 is 3.27. The molecule has 1 amide bonds. The van der Waals surface area contributed by atoms with Crippen molar-refractivity contribution in [2.45, 2.75) is 11.8 Å². The van der Waals surface area contributed by atoms with E-state index in [4.69, 9.17) is 0 Å². The van der Waals surface area contributed by atoms with E-state index >= 15 is 0 Å². The maximum Gasteiger partial charge on any atom is 0.271 e. The molecule has 1 heterocycles. The van der Waals surface area contributed by atoms with E-state index in [-0.39, 0.29) is 4.90 Å². The highest BCUT2D eigenvalue weighted by atomic mass is 79.9. The molecule has 0 unspecified atom stereocenters. The minimum absolute atomic E-state index is 0.141. The number of amides is 1. The van der Waals surface area contributed by atoms with E-state index in [1.54, 1.807) is 37.5 Å². The zero-order valence-electron chi connectivity index (χ0n) is 15.3. The van der Waals surface area contributed by atoms with E-state index in [0.717, 1.165) is 10.0 Å². The van der Waals surface area contributed by atoms with E-state index in [9.17, 15) is 13.2 Å². The summed E-state index contributed by atoms with van der Waals surface area (Å²) in [6, 6.07) is 16.0. The smallest absolute Gasteiger partial charge is 0.271 e. The normalized spacial score (nSPS) is 11.7. The number of nitrogens with one attached hydrogen (secondary N) is 2. The maximum absolute atomic E-state index is 12.4. The van der Waals surface area contributed by atoms with Crippen molar-refractivity contribution in [1.29, 1.82) is 0 Å². The lowest BCUT2D eigenvalue weighted by Crippen LogP contribution is -2.19. The van der Waals surface area contributed by atoms with Gasteiger partial charge in [0.25, 0.3) is 15.9 Å². The lowest BCUT2D eigenvalue weighted by Gasteiger charge is -2.09. The third-order valence-electron chi connectivity index (χ3n) is 3.93. The van der Waals surface area contributed by atoms with Crippen molar-refractivity contribution in [2.24, 2.45) is 5.10 Å². The highest BCUT2D eigenvalue weighted by molar-refractivity contribution is 9.10. The van der Waals surface area contributed by atoms with Gasteiger partial charge in [-0.2, -0.15) is 5.10 Å². The average Bonchev–Trinajstić information content (AvgIpc) is 2.73. The summed E-state index contributed by atoms with van der Waals surface area (Å²) < 4.78 is 28.1. The summed E-state index contributed by atoms with van der Waals surface area (Å²) in [6.45, 7) is 1.76. The molecule has 0 aliphatic rings. The standard InChI is InChI=1S/C20H17BrN4O3S/c1-14(16-3-2-12-22-13-16)23-24-20(26)15-4-8-18(9-5-15)25-29(27,28)19-10-6-17(21)7-11-19/h2-13,25H,1H3,(H,24,26)/b23-14-. The molecule has 0 saturated carbocycles. The van der Waals surface area contributed by atoms with Crippen LogP contribution in [-0.4, -0.2) is 25.0 Å². The van der Waals surface area contributed by atoms with Crippen LogP contribution in [0.4, 0.5) is 5.69 Å². The molecule has 0 spiro atoms. The van der Waals surface area contributed by atoms with Gasteiger partial charge in [-0.3, -0.25) is 14.5 Å². The first-order chi connectivity index (χ1) is 13.8. The lowest BCUT2D eigenvalue weighted by molar-refractivity contribution is 0.0955. The first-order valence-corrected chi connectivity index (χ1v) is 10.8. The number of benzene rings is 2. The second kappa shape index (κ2) is 8.97. The Bertz CT molecular complexity index is 1130. The molecule has 0 saturated heterocycles. The van der Waals surface area contributed by atoms with Crippen molar-refractivity contribution in [3.8, 4) is 0 Å². The van der Waals surface area contributed by atoms with Gasteiger partial charge in [-0.05, 0) is 61.5 Å². The molecular weight excluding hydrogens is 456 g/mol. The predicted molar refractivity (Wildman–Crippen MR) is 115 cm³/mol. The van der Waals surface area contributed by atoms with Crippen molar-refractivity contribution < 1.29 is 13.2 Å². The number of halogens is 1. The van der Waals surface area contributed by atoms with Crippen LogP contribution in [-0.2, 0) is 10.0 Å². The fourth-order valence-corrected chi connectivity index (χ4v) is 3.68. The number of pyridine rings is 1. The number of anilines is 1. The van der Waals surface area contributed by atoms with Crippen LogP contribution >= 0.6 is 15.9 Å². The number of carbonyl (C=O) groups excluding carboxylic acids is 1. The van der Waals surface area contributed by atoms with Gasteiger partial charge in [0.2, 0.25) is 0 Å². The third kappa shape index (κ3) is 5.49. The molecule has 2 N–H and O–H groups in total.